The lowest BCUT2D eigenvalue weighted by Gasteiger charge is -2.13. The molecule has 0 bridgehead atoms. The van der Waals surface area contributed by atoms with Crippen LogP contribution in [0.15, 0.2) is 54.2 Å². The number of amides is 2. The summed E-state index contributed by atoms with van der Waals surface area (Å²) in [6, 6.07) is 12.6. The summed E-state index contributed by atoms with van der Waals surface area (Å²) in [5.41, 5.74) is 1.95. The predicted octanol–water partition coefficient (Wildman–Crippen LogP) is 2.36. The molecule has 146 valence electrons. The quantitative estimate of drug-likeness (QED) is 0.638. The van der Waals surface area contributed by atoms with E-state index in [2.05, 4.69) is 10.6 Å². The molecular formula is C21H22N2O5. The number of carboxylic acid groups (broad SMARTS) is 1. The van der Waals surface area contributed by atoms with Crippen LogP contribution in [0.25, 0.3) is 6.08 Å². The zero-order valence-corrected chi connectivity index (χ0v) is 15.9. The predicted molar refractivity (Wildman–Crippen MR) is 105 cm³/mol. The van der Waals surface area contributed by atoms with Gasteiger partial charge in [-0.1, -0.05) is 29.8 Å². The summed E-state index contributed by atoms with van der Waals surface area (Å²) in [5.74, 6) is -1.71. The Bertz CT molecular complexity index is 886. The third kappa shape index (κ3) is 5.70. The van der Waals surface area contributed by atoms with E-state index in [0.717, 1.165) is 5.56 Å². The average molecular weight is 382 g/mol. The van der Waals surface area contributed by atoms with Gasteiger partial charge in [0.15, 0.2) is 0 Å². The van der Waals surface area contributed by atoms with Crippen LogP contribution in [0.2, 0.25) is 0 Å². The van der Waals surface area contributed by atoms with E-state index in [4.69, 9.17) is 9.84 Å². The number of carboxylic acids is 1. The second kappa shape index (κ2) is 9.36. The summed E-state index contributed by atoms with van der Waals surface area (Å²) in [5, 5.41) is 13.9. The summed E-state index contributed by atoms with van der Waals surface area (Å²) >= 11 is 0. The maximum atomic E-state index is 12.5. The number of rotatable bonds is 7. The lowest BCUT2D eigenvalue weighted by atomic mass is 10.1. The van der Waals surface area contributed by atoms with Crippen LogP contribution < -0.4 is 15.4 Å². The molecule has 0 saturated carbocycles. The molecule has 1 atom stereocenters. The number of ether oxygens (including phenoxy) is 1. The summed E-state index contributed by atoms with van der Waals surface area (Å²) in [7, 11) is 1.54. The van der Waals surface area contributed by atoms with Crippen molar-refractivity contribution in [1.82, 2.24) is 10.6 Å². The summed E-state index contributed by atoms with van der Waals surface area (Å²) < 4.78 is 5.10. The molecule has 7 nitrogen and oxygen atoms in total. The van der Waals surface area contributed by atoms with E-state index in [0.29, 0.717) is 16.9 Å². The Balaban J connectivity index is 2.29. The third-order valence-corrected chi connectivity index (χ3v) is 3.95. The fraction of sp³-hybridized carbons (Fsp3) is 0.190. The molecule has 0 heterocycles. The van der Waals surface area contributed by atoms with E-state index in [-0.39, 0.29) is 5.70 Å². The Morgan fingerprint density at radius 2 is 1.64 bits per heavy atom. The molecule has 1 unspecified atom stereocenters. The maximum absolute atomic E-state index is 12.5. The van der Waals surface area contributed by atoms with Gasteiger partial charge < -0.3 is 20.5 Å². The highest BCUT2D eigenvalue weighted by atomic mass is 16.5. The summed E-state index contributed by atoms with van der Waals surface area (Å²) in [4.78, 5) is 36.1. The molecule has 0 aromatic heterocycles. The maximum Gasteiger partial charge on any atom is 0.325 e. The number of nitrogens with one attached hydrogen (secondary N) is 2. The largest absolute Gasteiger partial charge is 0.497 e. The van der Waals surface area contributed by atoms with Crippen LogP contribution in [0.3, 0.4) is 0 Å². The highest BCUT2D eigenvalue weighted by molar-refractivity contribution is 6.06. The Morgan fingerprint density at radius 3 is 2.18 bits per heavy atom. The molecule has 0 aliphatic carbocycles. The van der Waals surface area contributed by atoms with Crippen molar-refractivity contribution >= 4 is 23.9 Å². The molecule has 2 aromatic carbocycles. The molecule has 7 heteroatoms. The topological polar surface area (TPSA) is 105 Å². The Morgan fingerprint density at radius 1 is 1.04 bits per heavy atom. The fourth-order valence-electron chi connectivity index (χ4n) is 2.26. The van der Waals surface area contributed by atoms with Gasteiger partial charge in [-0.2, -0.15) is 0 Å². The number of carbonyl (C=O) groups excluding carboxylic acids is 2. The second-order valence-electron chi connectivity index (χ2n) is 6.18. The van der Waals surface area contributed by atoms with Crippen molar-refractivity contribution in [2.75, 3.05) is 7.11 Å². The van der Waals surface area contributed by atoms with Crippen molar-refractivity contribution < 1.29 is 24.2 Å². The number of benzene rings is 2. The van der Waals surface area contributed by atoms with Crippen molar-refractivity contribution in [2.24, 2.45) is 0 Å². The Kier molecular flexibility index (Phi) is 6.92. The number of hydrogen-bond acceptors (Lipinski definition) is 4. The number of aryl methyl sites for hydroxylation is 1. The SMILES string of the molecule is COc1ccc(/C=C(\NC(=O)c2ccc(C)cc2)C(=O)NC(C)C(=O)O)cc1. The molecule has 28 heavy (non-hydrogen) atoms. The Hall–Kier alpha value is -3.61. The molecule has 0 aliphatic heterocycles. The molecule has 0 spiro atoms. The van der Waals surface area contributed by atoms with Gasteiger partial charge in [0, 0.05) is 5.56 Å². The highest BCUT2D eigenvalue weighted by Crippen LogP contribution is 2.14. The van der Waals surface area contributed by atoms with Crippen LogP contribution in [-0.4, -0.2) is 36.0 Å². The Labute approximate surface area is 163 Å². The average Bonchev–Trinajstić information content (AvgIpc) is 2.68. The number of hydrogen-bond donors (Lipinski definition) is 3. The van der Waals surface area contributed by atoms with Gasteiger partial charge in [-0.15, -0.1) is 0 Å². The molecule has 2 amide bonds. The first kappa shape index (κ1) is 20.7. The fourth-order valence-corrected chi connectivity index (χ4v) is 2.26. The van der Waals surface area contributed by atoms with Gasteiger partial charge in [-0.05, 0) is 49.8 Å². The van der Waals surface area contributed by atoms with E-state index >= 15 is 0 Å². The minimum absolute atomic E-state index is 0.0659. The van der Waals surface area contributed by atoms with Gasteiger partial charge in [0.25, 0.3) is 11.8 Å². The number of methoxy groups -OCH3 is 1. The molecule has 0 saturated heterocycles. The van der Waals surface area contributed by atoms with Crippen molar-refractivity contribution in [3.8, 4) is 5.75 Å². The van der Waals surface area contributed by atoms with Crippen LogP contribution in [0.5, 0.6) is 5.75 Å². The van der Waals surface area contributed by atoms with Gasteiger partial charge >= 0.3 is 5.97 Å². The van der Waals surface area contributed by atoms with Crippen LogP contribution in [0, 0.1) is 6.92 Å². The highest BCUT2D eigenvalue weighted by Gasteiger charge is 2.19. The van der Waals surface area contributed by atoms with Crippen molar-refractivity contribution in [2.45, 2.75) is 19.9 Å². The third-order valence-electron chi connectivity index (χ3n) is 3.95. The second-order valence-corrected chi connectivity index (χ2v) is 6.18. The van der Waals surface area contributed by atoms with E-state index in [1.807, 2.05) is 6.92 Å². The lowest BCUT2D eigenvalue weighted by molar-refractivity contribution is -0.140. The standard InChI is InChI=1S/C21H22N2O5/c1-13-4-8-16(9-5-13)19(24)23-18(20(25)22-14(2)21(26)27)12-15-6-10-17(28-3)11-7-15/h4-12,14H,1-3H3,(H,22,25)(H,23,24)(H,26,27)/b18-12-. The van der Waals surface area contributed by atoms with E-state index in [1.165, 1.54) is 13.0 Å². The molecule has 3 N–H and O–H groups in total. The first-order valence-electron chi connectivity index (χ1n) is 8.57. The number of carbonyl (C=O) groups is 3. The van der Waals surface area contributed by atoms with Crippen molar-refractivity contribution in [1.29, 1.82) is 0 Å². The first-order chi connectivity index (χ1) is 13.3. The van der Waals surface area contributed by atoms with Crippen LogP contribution in [0.4, 0.5) is 0 Å². The van der Waals surface area contributed by atoms with Crippen LogP contribution in [-0.2, 0) is 9.59 Å². The van der Waals surface area contributed by atoms with Crippen LogP contribution >= 0.6 is 0 Å². The van der Waals surface area contributed by atoms with Crippen molar-refractivity contribution in [3.63, 3.8) is 0 Å². The first-order valence-corrected chi connectivity index (χ1v) is 8.57. The zero-order chi connectivity index (χ0) is 20.7. The minimum Gasteiger partial charge on any atom is -0.497 e. The van der Waals surface area contributed by atoms with Gasteiger partial charge in [-0.3, -0.25) is 14.4 Å². The summed E-state index contributed by atoms with van der Waals surface area (Å²) in [6.45, 7) is 3.24. The molecule has 2 rings (SSSR count). The van der Waals surface area contributed by atoms with Gasteiger partial charge in [0.1, 0.15) is 17.5 Å². The van der Waals surface area contributed by atoms with E-state index in [1.54, 1.807) is 55.6 Å². The zero-order valence-electron chi connectivity index (χ0n) is 15.9. The normalized spacial score (nSPS) is 12.0. The minimum atomic E-state index is -1.18. The monoisotopic (exact) mass is 382 g/mol. The number of aliphatic carboxylic acids is 1. The van der Waals surface area contributed by atoms with Crippen molar-refractivity contribution in [3.05, 3.63) is 70.9 Å². The molecule has 0 radical (unpaired) electrons. The molecular weight excluding hydrogens is 360 g/mol. The summed E-state index contributed by atoms with van der Waals surface area (Å²) in [6.07, 6.45) is 1.47. The van der Waals surface area contributed by atoms with E-state index in [9.17, 15) is 14.4 Å². The molecule has 0 aliphatic rings. The van der Waals surface area contributed by atoms with Gasteiger partial charge in [-0.25, -0.2) is 0 Å². The van der Waals surface area contributed by atoms with E-state index < -0.39 is 23.8 Å². The smallest absolute Gasteiger partial charge is 0.325 e. The van der Waals surface area contributed by atoms with Gasteiger partial charge in [0.05, 0.1) is 7.11 Å². The lowest BCUT2D eigenvalue weighted by Crippen LogP contribution is -2.42. The van der Waals surface area contributed by atoms with Crippen LogP contribution in [0.1, 0.15) is 28.4 Å². The molecule has 2 aromatic rings. The molecule has 0 fully saturated rings. The van der Waals surface area contributed by atoms with Gasteiger partial charge in [0.2, 0.25) is 0 Å².